The Morgan fingerprint density at radius 1 is 1.33 bits per heavy atom. The summed E-state index contributed by atoms with van der Waals surface area (Å²) < 4.78 is 0. The number of aliphatic hydroxyl groups excluding tert-OH is 1. The number of anilines is 1. The van der Waals surface area contributed by atoms with E-state index < -0.39 is 0 Å². The summed E-state index contributed by atoms with van der Waals surface area (Å²) in [6.07, 6.45) is 4.24. The molecule has 0 unspecified atom stereocenters. The van der Waals surface area contributed by atoms with Crippen LogP contribution < -0.4 is 61.7 Å². The van der Waals surface area contributed by atoms with Crippen molar-refractivity contribution in [2.75, 3.05) is 31.6 Å². The summed E-state index contributed by atoms with van der Waals surface area (Å²) in [5.74, 6) is 0.486. The molecule has 0 radical (unpaired) electrons. The molecule has 2 rings (SSSR count). The first-order valence-corrected chi connectivity index (χ1v) is 7.22. The third kappa shape index (κ3) is 6.02. The topological polar surface area (TPSA) is 49.6 Å². The quantitative estimate of drug-likeness (QED) is 0.583. The standard InChI is InChI=1S/C16H24N3O.K/c1-13(18-17-2)11-14-3-5-16(6-4-14)19-9-7-15(12-20)8-10-19;/h3-6,11,15,18,20H,7-10,12H2,1-2H3;/q-1;+1/b13-11-;. The number of nitrogens with one attached hydrogen (secondary N) is 1. The van der Waals surface area contributed by atoms with Gasteiger partial charge in [-0.2, -0.15) is 0 Å². The van der Waals surface area contributed by atoms with Crippen LogP contribution in [0.1, 0.15) is 25.3 Å². The summed E-state index contributed by atoms with van der Waals surface area (Å²) in [6.45, 7) is 4.40. The van der Waals surface area contributed by atoms with Crippen LogP contribution in [0.15, 0.2) is 30.0 Å². The van der Waals surface area contributed by atoms with E-state index in [0.717, 1.165) is 31.6 Å². The summed E-state index contributed by atoms with van der Waals surface area (Å²) in [6, 6.07) is 8.60. The van der Waals surface area contributed by atoms with E-state index in [1.54, 1.807) is 7.05 Å². The number of piperidine rings is 1. The van der Waals surface area contributed by atoms with E-state index >= 15 is 0 Å². The number of hydrogen-bond donors (Lipinski definition) is 2. The third-order valence-electron chi connectivity index (χ3n) is 3.80. The largest absolute Gasteiger partial charge is 1.00 e. The maximum Gasteiger partial charge on any atom is 1.00 e. The fourth-order valence-corrected chi connectivity index (χ4v) is 2.61. The number of nitrogens with zero attached hydrogens (tertiary/aromatic N) is 2. The molecule has 1 aliphatic rings. The van der Waals surface area contributed by atoms with Gasteiger partial charge in [0.2, 0.25) is 0 Å². The van der Waals surface area contributed by atoms with Gasteiger partial charge in [-0.25, -0.2) is 0 Å². The maximum atomic E-state index is 9.17. The maximum absolute atomic E-state index is 9.17. The van der Waals surface area contributed by atoms with Gasteiger partial charge in [-0.3, -0.25) is 0 Å². The Labute approximate surface area is 170 Å². The number of benzene rings is 1. The molecule has 0 aromatic heterocycles. The van der Waals surface area contributed by atoms with Gasteiger partial charge in [-0.15, -0.1) is 7.05 Å². The molecule has 5 heteroatoms. The molecule has 0 atom stereocenters. The van der Waals surface area contributed by atoms with Crippen LogP contribution in [0.4, 0.5) is 5.69 Å². The van der Waals surface area contributed by atoms with Crippen LogP contribution in [0.25, 0.3) is 11.5 Å². The van der Waals surface area contributed by atoms with Gasteiger partial charge in [0.25, 0.3) is 0 Å². The molecule has 0 aliphatic carbocycles. The Morgan fingerprint density at radius 3 is 2.48 bits per heavy atom. The van der Waals surface area contributed by atoms with Gasteiger partial charge < -0.3 is 20.9 Å². The second-order valence-electron chi connectivity index (χ2n) is 5.37. The first kappa shape index (κ1) is 19.2. The zero-order valence-corrected chi connectivity index (χ0v) is 16.5. The average molecular weight is 313 g/mol. The molecule has 0 amide bonds. The number of aliphatic hydroxyl groups is 1. The molecular formula is C16H24KN3O. The third-order valence-corrected chi connectivity index (χ3v) is 3.80. The van der Waals surface area contributed by atoms with Crippen LogP contribution in [0.3, 0.4) is 0 Å². The minimum absolute atomic E-state index is 0. The average Bonchev–Trinajstić information content (AvgIpc) is 2.48. The number of hydrogen-bond acceptors (Lipinski definition) is 3. The molecule has 110 valence electrons. The summed E-state index contributed by atoms with van der Waals surface area (Å²) in [7, 11) is 1.73. The molecule has 4 nitrogen and oxygen atoms in total. The number of rotatable bonds is 5. The molecule has 1 heterocycles. The first-order valence-electron chi connectivity index (χ1n) is 7.22. The van der Waals surface area contributed by atoms with Crippen molar-refractivity contribution in [3.8, 4) is 0 Å². The fraction of sp³-hybridized carbons (Fsp3) is 0.500. The van der Waals surface area contributed by atoms with E-state index in [4.69, 9.17) is 0 Å². The van der Waals surface area contributed by atoms with Gasteiger partial charge in [0.15, 0.2) is 0 Å². The van der Waals surface area contributed by atoms with E-state index in [-0.39, 0.29) is 51.4 Å². The molecular weight excluding hydrogens is 289 g/mol. The van der Waals surface area contributed by atoms with Crippen LogP contribution in [0.5, 0.6) is 0 Å². The van der Waals surface area contributed by atoms with E-state index in [1.165, 1.54) is 11.3 Å². The van der Waals surface area contributed by atoms with Crippen molar-refractivity contribution in [1.29, 1.82) is 0 Å². The van der Waals surface area contributed by atoms with Gasteiger partial charge in [-0.05, 0) is 55.2 Å². The van der Waals surface area contributed by atoms with Crippen molar-refractivity contribution in [3.05, 3.63) is 41.0 Å². The van der Waals surface area contributed by atoms with E-state index in [0.29, 0.717) is 12.5 Å². The normalized spacial score (nSPS) is 16.5. The van der Waals surface area contributed by atoms with Crippen molar-refractivity contribution in [3.63, 3.8) is 0 Å². The molecule has 1 fully saturated rings. The van der Waals surface area contributed by atoms with Gasteiger partial charge >= 0.3 is 51.4 Å². The van der Waals surface area contributed by atoms with Gasteiger partial charge in [-0.1, -0.05) is 12.1 Å². The first-order chi connectivity index (χ1) is 9.72. The summed E-state index contributed by atoms with van der Waals surface area (Å²) in [5, 5.41) is 9.17. The number of allylic oxidation sites excluding steroid dienone is 1. The van der Waals surface area contributed by atoms with E-state index in [2.05, 4.69) is 46.1 Å². The zero-order chi connectivity index (χ0) is 14.4. The Hall–Kier alpha value is 0.116. The van der Waals surface area contributed by atoms with Crippen molar-refractivity contribution >= 4 is 11.8 Å². The van der Waals surface area contributed by atoms with Crippen LogP contribution in [0.2, 0.25) is 0 Å². The van der Waals surface area contributed by atoms with Gasteiger partial charge in [0.1, 0.15) is 0 Å². The second-order valence-corrected chi connectivity index (χ2v) is 5.37. The van der Waals surface area contributed by atoms with Crippen molar-refractivity contribution in [1.82, 2.24) is 5.43 Å². The van der Waals surface area contributed by atoms with Crippen molar-refractivity contribution < 1.29 is 56.5 Å². The van der Waals surface area contributed by atoms with Crippen LogP contribution >= 0.6 is 0 Å². The minimum atomic E-state index is 0. The van der Waals surface area contributed by atoms with Crippen LogP contribution in [0, 0.1) is 5.92 Å². The molecule has 0 spiro atoms. The Morgan fingerprint density at radius 2 is 1.95 bits per heavy atom. The molecule has 1 aliphatic heterocycles. The van der Waals surface area contributed by atoms with E-state index in [1.807, 2.05) is 6.92 Å². The molecule has 21 heavy (non-hydrogen) atoms. The zero-order valence-electron chi connectivity index (χ0n) is 13.3. The predicted molar refractivity (Wildman–Crippen MR) is 84.5 cm³/mol. The second kappa shape index (κ2) is 10.00. The molecule has 1 aromatic carbocycles. The smallest absolute Gasteiger partial charge is 0.574 e. The van der Waals surface area contributed by atoms with Gasteiger partial charge in [0.05, 0.1) is 0 Å². The summed E-state index contributed by atoms with van der Waals surface area (Å²) in [5.41, 5.74) is 10.3. The van der Waals surface area contributed by atoms with Gasteiger partial charge in [0, 0.05) is 25.4 Å². The molecule has 2 N–H and O–H groups in total. The fourth-order valence-electron chi connectivity index (χ4n) is 2.61. The van der Waals surface area contributed by atoms with Crippen molar-refractivity contribution in [2.24, 2.45) is 5.92 Å². The molecule has 1 aromatic rings. The molecule has 0 saturated carbocycles. The SMILES string of the molecule is C[N-]N/C(C)=C\c1ccc(N2CCC(CO)CC2)cc1.[K+]. The predicted octanol–water partition coefficient (Wildman–Crippen LogP) is -0.232. The van der Waals surface area contributed by atoms with Crippen molar-refractivity contribution in [2.45, 2.75) is 19.8 Å². The molecule has 0 bridgehead atoms. The molecule has 1 saturated heterocycles. The van der Waals surface area contributed by atoms with Crippen LogP contribution in [-0.2, 0) is 0 Å². The Bertz CT molecular complexity index is 439. The minimum Gasteiger partial charge on any atom is -0.574 e. The Kier molecular flexibility index (Phi) is 9.12. The Balaban J connectivity index is 0.00000220. The summed E-state index contributed by atoms with van der Waals surface area (Å²) >= 11 is 0. The van der Waals surface area contributed by atoms with E-state index in [9.17, 15) is 5.11 Å². The van der Waals surface area contributed by atoms with Crippen LogP contribution in [-0.4, -0.2) is 31.9 Å². The summed E-state index contributed by atoms with van der Waals surface area (Å²) in [4.78, 5) is 2.39. The monoisotopic (exact) mass is 313 g/mol.